The van der Waals surface area contributed by atoms with E-state index in [1.165, 1.54) is 22.4 Å². The van der Waals surface area contributed by atoms with Gasteiger partial charge in [0.25, 0.3) is 6.43 Å². The fourth-order valence-electron chi connectivity index (χ4n) is 6.25. The molecule has 6 rings (SSSR count). The van der Waals surface area contributed by atoms with E-state index in [2.05, 4.69) is 32.6 Å². The molecule has 0 bridgehead atoms. The van der Waals surface area contributed by atoms with E-state index >= 15 is 0 Å². The Bertz CT molecular complexity index is 1530. The topological polar surface area (TPSA) is 121 Å². The number of nitrogens with one attached hydrogen (secondary N) is 1. The zero-order chi connectivity index (χ0) is 30.3. The largest absolute Gasteiger partial charge is 0.388 e. The number of benzene rings is 1. The number of aldehydes is 1. The van der Waals surface area contributed by atoms with Crippen molar-refractivity contribution in [3.05, 3.63) is 59.6 Å². The van der Waals surface area contributed by atoms with E-state index in [9.17, 15) is 27.9 Å². The molecule has 11 nitrogen and oxygen atoms in total. The number of hydrogen-bond acceptors (Lipinski definition) is 8. The van der Waals surface area contributed by atoms with Gasteiger partial charge in [0.15, 0.2) is 5.82 Å². The number of aromatic nitrogens is 4. The minimum atomic E-state index is -2.91. The summed E-state index contributed by atoms with van der Waals surface area (Å²) in [5, 5.41) is 22.7. The third kappa shape index (κ3) is 5.68. The zero-order valence-electron chi connectivity index (χ0n) is 23.6. The Kier molecular flexibility index (Phi) is 7.81. The highest BCUT2D eigenvalue weighted by atomic mass is 19.3. The predicted octanol–water partition coefficient (Wildman–Crippen LogP) is 2.17. The monoisotopic (exact) mass is 598 g/mol. The Morgan fingerprint density at radius 1 is 1.21 bits per heavy atom. The SMILES string of the molecule is CNC1Cc2ccc(-c3cnc4n3N=CN(CC3(O)CCN(C(=O)C[C@@H](C(F)F)n5ccc(F)n5)CC3)C4C=O)cc2C1. The van der Waals surface area contributed by atoms with Crippen molar-refractivity contribution in [2.75, 3.05) is 26.7 Å². The van der Waals surface area contributed by atoms with Crippen LogP contribution in [0.4, 0.5) is 13.2 Å². The van der Waals surface area contributed by atoms with Gasteiger partial charge in [-0.3, -0.25) is 9.48 Å². The second-order valence-corrected chi connectivity index (χ2v) is 11.5. The van der Waals surface area contributed by atoms with Crippen LogP contribution in [0.15, 0.2) is 41.8 Å². The molecule has 2 aromatic heterocycles. The number of likely N-dealkylation sites (N-methyl/N-ethyl adjacent to an activating group) is 1. The van der Waals surface area contributed by atoms with E-state index in [-0.39, 0.29) is 32.5 Å². The fraction of sp³-hybridized carbons (Fsp3) is 0.483. The van der Waals surface area contributed by atoms with Crippen molar-refractivity contribution in [1.82, 2.24) is 34.6 Å². The van der Waals surface area contributed by atoms with Gasteiger partial charge in [-0.15, -0.1) is 5.10 Å². The molecule has 2 unspecified atom stereocenters. The summed E-state index contributed by atoms with van der Waals surface area (Å²) in [6.45, 7) is 0.350. The molecule has 3 atom stereocenters. The lowest BCUT2D eigenvalue weighted by Gasteiger charge is -2.42. The molecule has 3 aliphatic rings. The molecule has 1 saturated heterocycles. The number of likely N-dealkylation sites (tertiary alicyclic amines) is 1. The van der Waals surface area contributed by atoms with Gasteiger partial charge in [-0.2, -0.15) is 9.49 Å². The van der Waals surface area contributed by atoms with Crippen molar-refractivity contribution < 1.29 is 27.9 Å². The lowest BCUT2D eigenvalue weighted by atomic mass is 9.90. The number of imidazole rings is 1. The number of rotatable bonds is 9. The van der Waals surface area contributed by atoms with Crippen molar-refractivity contribution in [1.29, 1.82) is 0 Å². The molecule has 4 heterocycles. The second kappa shape index (κ2) is 11.6. The van der Waals surface area contributed by atoms with E-state index in [4.69, 9.17) is 0 Å². The molecule has 43 heavy (non-hydrogen) atoms. The first-order valence-electron chi connectivity index (χ1n) is 14.3. The first-order chi connectivity index (χ1) is 20.7. The Labute approximate surface area is 246 Å². The number of aliphatic hydroxyl groups is 1. The summed E-state index contributed by atoms with van der Waals surface area (Å²) >= 11 is 0. The highest BCUT2D eigenvalue weighted by Gasteiger charge is 2.40. The summed E-state index contributed by atoms with van der Waals surface area (Å²) in [6, 6.07) is 5.29. The number of carbonyl (C=O) groups is 2. The van der Waals surface area contributed by atoms with Crippen LogP contribution in [0.5, 0.6) is 0 Å². The molecule has 1 aromatic carbocycles. The molecule has 0 radical (unpaired) electrons. The van der Waals surface area contributed by atoms with Crippen LogP contribution in [0.2, 0.25) is 0 Å². The van der Waals surface area contributed by atoms with Crippen LogP contribution in [0.1, 0.15) is 48.3 Å². The number of amides is 1. The lowest BCUT2D eigenvalue weighted by molar-refractivity contribution is -0.138. The zero-order valence-corrected chi connectivity index (χ0v) is 23.6. The number of fused-ring (bicyclic) bond motifs is 2. The van der Waals surface area contributed by atoms with E-state index in [0.717, 1.165) is 47.3 Å². The first-order valence-corrected chi connectivity index (χ1v) is 14.3. The molecular weight excluding hydrogens is 565 g/mol. The van der Waals surface area contributed by atoms with Gasteiger partial charge in [0.1, 0.15) is 24.7 Å². The molecule has 14 heteroatoms. The standard InChI is InChI=1S/C29H33F3N8O3/c1-33-21-11-18-2-3-19(10-20(18)12-21)23-14-34-28-24(15-41)38(17-35-40(23)28)16-29(43)5-8-37(9-6-29)26(42)13-22(27(31)32)39-7-4-25(30)36-39/h2-4,7,10,14-15,17,21-22,24,27,33,43H,5-6,8-9,11-13,16H2,1H3/t21?,22-,24?/m0/s1. The minimum Gasteiger partial charge on any atom is -0.388 e. The summed E-state index contributed by atoms with van der Waals surface area (Å²) < 4.78 is 42.9. The summed E-state index contributed by atoms with van der Waals surface area (Å²) in [4.78, 5) is 32.7. The average molecular weight is 599 g/mol. The van der Waals surface area contributed by atoms with Gasteiger partial charge >= 0.3 is 0 Å². The molecule has 2 aliphatic heterocycles. The van der Waals surface area contributed by atoms with Crippen molar-refractivity contribution in [2.24, 2.45) is 5.10 Å². The van der Waals surface area contributed by atoms with E-state index in [1.807, 2.05) is 13.1 Å². The maximum Gasteiger partial charge on any atom is 0.261 e. The molecule has 1 amide bonds. The quantitative estimate of drug-likeness (QED) is 0.362. The summed E-state index contributed by atoms with van der Waals surface area (Å²) in [7, 11) is 1.96. The number of carbonyl (C=O) groups excluding carboxylic acids is 2. The van der Waals surface area contributed by atoms with Crippen LogP contribution >= 0.6 is 0 Å². The third-order valence-corrected chi connectivity index (χ3v) is 8.79. The highest BCUT2D eigenvalue weighted by Crippen LogP contribution is 2.33. The number of nitrogens with zero attached hydrogens (tertiary/aromatic N) is 7. The molecule has 1 fully saturated rings. The fourth-order valence-corrected chi connectivity index (χ4v) is 6.25. The number of alkyl halides is 2. The summed E-state index contributed by atoms with van der Waals surface area (Å²) in [6.07, 6.45) is 3.87. The number of piperidine rings is 1. The summed E-state index contributed by atoms with van der Waals surface area (Å²) in [5.74, 6) is -0.998. The predicted molar refractivity (Wildman–Crippen MR) is 150 cm³/mol. The van der Waals surface area contributed by atoms with Crippen molar-refractivity contribution in [3.63, 3.8) is 0 Å². The number of β-amino-alcohol motifs (C(OH)–C–C–N with tert-alkyl or cyclic N) is 1. The van der Waals surface area contributed by atoms with Gasteiger partial charge in [0.2, 0.25) is 11.9 Å². The first kappa shape index (κ1) is 29.1. The Hall–Kier alpha value is -4.04. The molecular formula is C29H33F3N8O3. The lowest BCUT2D eigenvalue weighted by Crippen LogP contribution is -2.53. The minimum absolute atomic E-state index is 0.0700. The van der Waals surface area contributed by atoms with Crippen molar-refractivity contribution >= 4 is 18.5 Å². The number of halogens is 3. The third-order valence-electron chi connectivity index (χ3n) is 8.79. The van der Waals surface area contributed by atoms with Crippen LogP contribution in [0, 0.1) is 5.95 Å². The molecule has 0 saturated carbocycles. The number of hydrogen-bond donors (Lipinski definition) is 2. The average Bonchev–Trinajstić information content (AvgIpc) is 3.73. The van der Waals surface area contributed by atoms with Crippen molar-refractivity contribution in [2.45, 2.75) is 62.3 Å². The summed E-state index contributed by atoms with van der Waals surface area (Å²) in [5.41, 5.74) is 3.04. The molecule has 228 valence electrons. The van der Waals surface area contributed by atoms with Crippen molar-refractivity contribution in [3.8, 4) is 11.3 Å². The van der Waals surface area contributed by atoms with Gasteiger partial charge in [-0.1, -0.05) is 12.1 Å². The molecule has 0 spiro atoms. The maximum atomic E-state index is 13.6. The van der Waals surface area contributed by atoms with Gasteiger partial charge in [-0.05, 0) is 49.9 Å². The van der Waals surface area contributed by atoms with E-state index < -0.39 is 42.4 Å². The molecule has 2 N–H and O–H groups in total. The molecule has 3 aromatic rings. The van der Waals surface area contributed by atoms with Crippen LogP contribution in [0.3, 0.4) is 0 Å². The van der Waals surface area contributed by atoms with Gasteiger partial charge in [0.05, 0.1) is 23.9 Å². The normalized spacial score (nSPS) is 21.6. The Balaban J connectivity index is 1.10. The highest BCUT2D eigenvalue weighted by molar-refractivity contribution is 5.77. The van der Waals surface area contributed by atoms with Gasteiger partial charge in [-0.25, -0.2) is 18.4 Å². The van der Waals surface area contributed by atoms with Crippen LogP contribution in [-0.4, -0.2) is 97.6 Å². The van der Waals surface area contributed by atoms with Gasteiger partial charge < -0.3 is 25.0 Å². The van der Waals surface area contributed by atoms with Crippen LogP contribution < -0.4 is 5.32 Å². The van der Waals surface area contributed by atoms with Gasteiger partial charge in [0, 0.05) is 43.5 Å². The smallest absolute Gasteiger partial charge is 0.261 e. The van der Waals surface area contributed by atoms with E-state index in [0.29, 0.717) is 11.9 Å². The van der Waals surface area contributed by atoms with Crippen LogP contribution in [-0.2, 0) is 22.4 Å². The second-order valence-electron chi connectivity index (χ2n) is 11.5. The maximum absolute atomic E-state index is 13.6. The van der Waals surface area contributed by atoms with Crippen LogP contribution in [0.25, 0.3) is 11.3 Å². The Morgan fingerprint density at radius 2 is 1.98 bits per heavy atom. The van der Waals surface area contributed by atoms with E-state index in [1.54, 1.807) is 15.8 Å². The Morgan fingerprint density at radius 3 is 2.65 bits per heavy atom. The molecule has 1 aliphatic carbocycles.